The van der Waals surface area contributed by atoms with Crippen LogP contribution in [0.5, 0.6) is 5.75 Å². The average Bonchev–Trinajstić information content (AvgIpc) is 2.38. The van der Waals surface area contributed by atoms with Gasteiger partial charge in [0.2, 0.25) is 0 Å². The number of hydrogen-bond donors (Lipinski definition) is 1. The van der Waals surface area contributed by atoms with Crippen molar-refractivity contribution in [3.63, 3.8) is 0 Å². The van der Waals surface area contributed by atoms with Gasteiger partial charge in [0.25, 0.3) is 0 Å². The molecule has 2 aromatic rings. The topological polar surface area (TPSA) is 46.5 Å². The Bertz CT molecular complexity index is 661. The lowest BCUT2D eigenvalue weighted by atomic mass is 10.2. The summed E-state index contributed by atoms with van der Waals surface area (Å²) in [5.41, 5.74) is 0.688. The highest BCUT2D eigenvalue weighted by Crippen LogP contribution is 2.25. The van der Waals surface area contributed by atoms with Crippen LogP contribution in [0.1, 0.15) is 15.9 Å². The fraction of sp³-hybridized carbons (Fsp3) is 0.0714. The third kappa shape index (κ3) is 3.49. The van der Waals surface area contributed by atoms with Gasteiger partial charge >= 0.3 is 5.97 Å². The first-order chi connectivity index (χ1) is 9.47. The SMILES string of the molecule is O=C(O)c1cc(Cl)ccc1OCc1ccc(F)cc1Br. The highest BCUT2D eigenvalue weighted by Gasteiger charge is 2.12. The molecule has 0 aliphatic carbocycles. The van der Waals surface area contributed by atoms with Crippen molar-refractivity contribution in [2.45, 2.75) is 6.61 Å². The van der Waals surface area contributed by atoms with Crippen LogP contribution in [0.15, 0.2) is 40.9 Å². The Morgan fingerprint density at radius 3 is 2.70 bits per heavy atom. The van der Waals surface area contributed by atoms with Gasteiger partial charge in [-0.05, 0) is 30.3 Å². The molecule has 0 saturated carbocycles. The predicted molar refractivity (Wildman–Crippen MR) is 76.8 cm³/mol. The molecule has 0 aliphatic rings. The second kappa shape index (κ2) is 6.24. The number of rotatable bonds is 4. The van der Waals surface area contributed by atoms with E-state index in [0.29, 0.717) is 15.1 Å². The lowest BCUT2D eigenvalue weighted by molar-refractivity contribution is 0.0691. The van der Waals surface area contributed by atoms with Crippen LogP contribution < -0.4 is 4.74 Å². The van der Waals surface area contributed by atoms with Gasteiger partial charge in [-0.25, -0.2) is 9.18 Å². The number of benzene rings is 2. The zero-order chi connectivity index (χ0) is 14.7. The minimum atomic E-state index is -1.12. The van der Waals surface area contributed by atoms with E-state index in [4.69, 9.17) is 21.4 Å². The molecule has 0 radical (unpaired) electrons. The molecule has 104 valence electrons. The highest BCUT2D eigenvalue weighted by atomic mass is 79.9. The predicted octanol–water partition coefficient (Wildman–Crippen LogP) is 4.52. The van der Waals surface area contributed by atoms with Crippen LogP contribution in [0, 0.1) is 5.82 Å². The monoisotopic (exact) mass is 358 g/mol. The molecule has 0 unspecified atom stereocenters. The summed E-state index contributed by atoms with van der Waals surface area (Å²) in [6.45, 7) is 0.114. The van der Waals surface area contributed by atoms with Crippen molar-refractivity contribution in [1.29, 1.82) is 0 Å². The van der Waals surface area contributed by atoms with Gasteiger partial charge in [-0.3, -0.25) is 0 Å². The Balaban J connectivity index is 2.20. The van der Waals surface area contributed by atoms with Crippen molar-refractivity contribution in [2.24, 2.45) is 0 Å². The third-order valence-corrected chi connectivity index (χ3v) is 3.54. The number of carbonyl (C=O) groups is 1. The number of ether oxygens (including phenoxy) is 1. The molecule has 0 aliphatic heterocycles. The molecule has 2 rings (SSSR count). The van der Waals surface area contributed by atoms with Gasteiger partial charge in [0.05, 0.1) is 0 Å². The van der Waals surface area contributed by atoms with Gasteiger partial charge in [-0.15, -0.1) is 0 Å². The first-order valence-corrected chi connectivity index (χ1v) is 6.74. The Kier molecular flexibility index (Phi) is 4.62. The molecule has 3 nitrogen and oxygen atoms in total. The maximum atomic E-state index is 13.0. The van der Waals surface area contributed by atoms with Crippen molar-refractivity contribution < 1.29 is 19.0 Å². The van der Waals surface area contributed by atoms with Crippen molar-refractivity contribution in [3.05, 3.63) is 62.8 Å². The fourth-order valence-corrected chi connectivity index (χ4v) is 2.23. The van der Waals surface area contributed by atoms with E-state index in [1.807, 2.05) is 0 Å². The summed E-state index contributed by atoms with van der Waals surface area (Å²) in [4.78, 5) is 11.1. The van der Waals surface area contributed by atoms with Crippen molar-refractivity contribution in [3.8, 4) is 5.75 Å². The molecule has 20 heavy (non-hydrogen) atoms. The maximum absolute atomic E-state index is 13.0. The van der Waals surface area contributed by atoms with Crippen molar-refractivity contribution in [1.82, 2.24) is 0 Å². The van der Waals surface area contributed by atoms with E-state index in [2.05, 4.69) is 15.9 Å². The largest absolute Gasteiger partial charge is 0.488 e. The number of halogens is 3. The maximum Gasteiger partial charge on any atom is 0.339 e. The zero-order valence-corrected chi connectivity index (χ0v) is 12.4. The second-order valence-electron chi connectivity index (χ2n) is 3.97. The van der Waals surface area contributed by atoms with Crippen LogP contribution in [-0.4, -0.2) is 11.1 Å². The first kappa shape index (κ1) is 14.8. The van der Waals surface area contributed by atoms with E-state index in [1.165, 1.54) is 24.3 Å². The molecule has 0 spiro atoms. The Labute approximate surface area is 128 Å². The molecule has 0 atom stereocenters. The summed E-state index contributed by atoms with van der Waals surface area (Å²) >= 11 is 8.97. The molecular formula is C14H9BrClFO3. The lowest BCUT2D eigenvalue weighted by Crippen LogP contribution is -2.04. The molecule has 0 aromatic heterocycles. The van der Waals surface area contributed by atoms with Crippen molar-refractivity contribution >= 4 is 33.5 Å². The van der Waals surface area contributed by atoms with E-state index in [-0.39, 0.29) is 23.7 Å². The van der Waals surface area contributed by atoms with Gasteiger partial charge in [0.15, 0.2) is 0 Å². The number of carboxylic acids is 1. The Hall–Kier alpha value is -1.59. The van der Waals surface area contributed by atoms with Crippen LogP contribution in [0.4, 0.5) is 4.39 Å². The van der Waals surface area contributed by atoms with Gasteiger partial charge in [-0.2, -0.15) is 0 Å². The van der Waals surface area contributed by atoms with Gasteiger partial charge in [-0.1, -0.05) is 33.6 Å². The van der Waals surface area contributed by atoms with E-state index in [0.717, 1.165) is 0 Å². The molecule has 1 N–H and O–H groups in total. The lowest BCUT2D eigenvalue weighted by Gasteiger charge is -2.10. The van der Waals surface area contributed by atoms with Gasteiger partial charge in [0, 0.05) is 15.1 Å². The standard InChI is InChI=1S/C14H9BrClFO3/c15-12-6-10(17)3-1-8(12)7-20-13-4-2-9(16)5-11(13)14(18)19/h1-6H,7H2,(H,18,19). The molecule has 6 heteroatoms. The van der Waals surface area contributed by atoms with Crippen LogP contribution in [0.3, 0.4) is 0 Å². The fourth-order valence-electron chi connectivity index (χ4n) is 1.59. The molecule has 0 fully saturated rings. The first-order valence-electron chi connectivity index (χ1n) is 5.57. The van der Waals surface area contributed by atoms with Crippen LogP contribution in [0.2, 0.25) is 5.02 Å². The van der Waals surface area contributed by atoms with Crippen LogP contribution >= 0.6 is 27.5 Å². The Morgan fingerprint density at radius 1 is 1.30 bits per heavy atom. The highest BCUT2D eigenvalue weighted by molar-refractivity contribution is 9.10. The second-order valence-corrected chi connectivity index (χ2v) is 5.26. The summed E-state index contributed by atoms with van der Waals surface area (Å²) in [5.74, 6) is -1.28. The minimum absolute atomic E-state index is 0.0178. The summed E-state index contributed by atoms with van der Waals surface area (Å²) in [6.07, 6.45) is 0. The quantitative estimate of drug-likeness (QED) is 0.873. The van der Waals surface area contributed by atoms with E-state index in [1.54, 1.807) is 12.1 Å². The zero-order valence-electron chi connectivity index (χ0n) is 10.1. The Morgan fingerprint density at radius 2 is 2.05 bits per heavy atom. The van der Waals surface area contributed by atoms with E-state index in [9.17, 15) is 9.18 Å². The third-order valence-electron chi connectivity index (χ3n) is 2.57. The number of hydrogen-bond acceptors (Lipinski definition) is 2. The molecule has 0 saturated heterocycles. The number of carboxylic acid groups (broad SMARTS) is 1. The van der Waals surface area contributed by atoms with E-state index >= 15 is 0 Å². The molecule has 0 amide bonds. The smallest absolute Gasteiger partial charge is 0.339 e. The van der Waals surface area contributed by atoms with Gasteiger partial charge < -0.3 is 9.84 Å². The van der Waals surface area contributed by atoms with E-state index < -0.39 is 5.97 Å². The summed E-state index contributed by atoms with van der Waals surface area (Å²) in [6, 6.07) is 8.54. The molecule has 0 heterocycles. The van der Waals surface area contributed by atoms with Gasteiger partial charge in [0.1, 0.15) is 23.7 Å². The minimum Gasteiger partial charge on any atom is -0.488 e. The molecular weight excluding hydrogens is 351 g/mol. The average molecular weight is 360 g/mol. The normalized spacial score (nSPS) is 10.3. The van der Waals surface area contributed by atoms with Crippen LogP contribution in [-0.2, 0) is 6.61 Å². The van der Waals surface area contributed by atoms with Crippen LogP contribution in [0.25, 0.3) is 0 Å². The number of aromatic carboxylic acids is 1. The van der Waals surface area contributed by atoms with Crippen molar-refractivity contribution in [2.75, 3.05) is 0 Å². The molecule has 2 aromatic carbocycles. The summed E-state index contributed by atoms with van der Waals surface area (Å²) in [7, 11) is 0. The molecule has 0 bridgehead atoms. The summed E-state index contributed by atoms with van der Waals surface area (Å²) in [5, 5.41) is 9.40. The summed E-state index contributed by atoms with van der Waals surface area (Å²) < 4.78 is 19.0.